The molecule has 1 aliphatic heterocycles. The molecule has 4 aromatic carbocycles. The van der Waals surface area contributed by atoms with E-state index in [4.69, 9.17) is 9.47 Å². The maximum absolute atomic E-state index is 14.3. The zero-order valence-electron chi connectivity index (χ0n) is 22.5. The van der Waals surface area contributed by atoms with Crippen molar-refractivity contribution in [2.75, 3.05) is 24.4 Å². The molecule has 0 bridgehead atoms. The molecule has 40 heavy (non-hydrogen) atoms. The number of anilines is 2. The van der Waals surface area contributed by atoms with Crippen LogP contribution in [0.4, 0.5) is 11.4 Å². The van der Waals surface area contributed by atoms with Gasteiger partial charge in [0.05, 0.1) is 31.6 Å². The van der Waals surface area contributed by atoms with Gasteiger partial charge in [0.1, 0.15) is 11.5 Å². The predicted octanol–water partition coefficient (Wildman–Crippen LogP) is 6.92. The maximum atomic E-state index is 14.3. The van der Waals surface area contributed by atoms with Crippen molar-refractivity contribution in [3.8, 4) is 11.5 Å². The molecule has 0 spiro atoms. The molecule has 6 nitrogen and oxygen atoms in total. The van der Waals surface area contributed by atoms with E-state index in [9.17, 15) is 9.59 Å². The molecule has 2 aliphatic rings. The second-order valence-electron chi connectivity index (χ2n) is 10.1. The van der Waals surface area contributed by atoms with Crippen molar-refractivity contribution >= 4 is 23.1 Å². The van der Waals surface area contributed by atoms with E-state index in [1.54, 1.807) is 19.1 Å². The fourth-order valence-electron chi connectivity index (χ4n) is 5.77. The lowest BCUT2D eigenvalue weighted by Crippen LogP contribution is -2.38. The predicted molar refractivity (Wildman–Crippen MR) is 156 cm³/mol. The largest absolute Gasteiger partial charge is 0.497 e. The number of fused-ring (bicyclic) bond motifs is 1. The van der Waals surface area contributed by atoms with Gasteiger partial charge in [-0.1, -0.05) is 54.6 Å². The third-order valence-corrected chi connectivity index (χ3v) is 7.72. The number of methoxy groups -OCH3 is 2. The quantitative estimate of drug-likeness (QED) is 0.303. The Morgan fingerprint density at radius 1 is 0.775 bits per heavy atom. The third-order valence-electron chi connectivity index (χ3n) is 7.72. The zero-order chi connectivity index (χ0) is 27.6. The Morgan fingerprint density at radius 2 is 1.50 bits per heavy atom. The Morgan fingerprint density at radius 3 is 2.25 bits per heavy atom. The summed E-state index contributed by atoms with van der Waals surface area (Å²) in [6.07, 6.45) is 0.979. The van der Waals surface area contributed by atoms with Gasteiger partial charge in [-0.05, 0) is 72.0 Å². The molecule has 200 valence electrons. The van der Waals surface area contributed by atoms with Crippen LogP contribution in [0.15, 0.2) is 114 Å². The fraction of sp³-hybridized carbons (Fsp3) is 0.176. The van der Waals surface area contributed by atoms with Crippen LogP contribution in [0, 0.1) is 0 Å². The first-order valence-corrected chi connectivity index (χ1v) is 13.4. The van der Waals surface area contributed by atoms with Gasteiger partial charge in [0.25, 0.3) is 5.91 Å². The van der Waals surface area contributed by atoms with Crippen LogP contribution >= 0.6 is 0 Å². The van der Waals surface area contributed by atoms with Crippen molar-refractivity contribution in [1.29, 1.82) is 0 Å². The van der Waals surface area contributed by atoms with Crippen LogP contribution in [-0.4, -0.2) is 25.9 Å². The van der Waals surface area contributed by atoms with Crippen LogP contribution in [0.3, 0.4) is 0 Å². The van der Waals surface area contributed by atoms with Crippen molar-refractivity contribution in [3.63, 3.8) is 0 Å². The first-order chi connectivity index (χ1) is 19.6. The summed E-state index contributed by atoms with van der Waals surface area (Å²) in [5, 5.41) is 3.59. The molecule has 4 aromatic rings. The molecular formula is C34H30N2O4. The molecule has 1 N–H and O–H groups in total. The Kier molecular flexibility index (Phi) is 6.83. The number of allylic oxidation sites excluding steroid dienone is 1. The average Bonchev–Trinajstić information content (AvgIpc) is 3.16. The van der Waals surface area contributed by atoms with E-state index in [1.165, 1.54) is 0 Å². The monoisotopic (exact) mass is 530 g/mol. The van der Waals surface area contributed by atoms with Gasteiger partial charge in [0.2, 0.25) is 0 Å². The summed E-state index contributed by atoms with van der Waals surface area (Å²) in [4.78, 5) is 30.3. The van der Waals surface area contributed by atoms with E-state index in [1.807, 2.05) is 103 Å². The normalized spacial score (nSPS) is 18.2. The molecule has 0 saturated carbocycles. The highest BCUT2D eigenvalue weighted by molar-refractivity contribution is 6.12. The van der Waals surface area contributed by atoms with Crippen LogP contribution < -0.4 is 19.7 Å². The average molecular weight is 531 g/mol. The molecule has 0 saturated heterocycles. The Hall–Kier alpha value is -4.84. The molecule has 0 fully saturated rings. The number of ketones is 1. The Bertz CT molecular complexity index is 1590. The minimum atomic E-state index is -0.640. The topological polar surface area (TPSA) is 67.9 Å². The van der Waals surface area contributed by atoms with Gasteiger partial charge in [0, 0.05) is 23.3 Å². The van der Waals surface area contributed by atoms with Crippen molar-refractivity contribution in [3.05, 3.63) is 131 Å². The van der Waals surface area contributed by atoms with E-state index < -0.39 is 6.04 Å². The van der Waals surface area contributed by atoms with E-state index in [0.29, 0.717) is 35.4 Å². The van der Waals surface area contributed by atoms with Crippen molar-refractivity contribution in [1.82, 2.24) is 0 Å². The van der Waals surface area contributed by atoms with E-state index in [2.05, 4.69) is 5.32 Å². The lowest BCUT2D eigenvalue weighted by Gasteiger charge is -2.35. The number of nitrogens with zero attached hydrogens (tertiary/aromatic N) is 1. The molecule has 0 aromatic heterocycles. The highest BCUT2D eigenvalue weighted by Gasteiger charge is 2.42. The second-order valence-corrected chi connectivity index (χ2v) is 10.1. The number of Topliss-reactive ketones (excluding diaryl/α,β-unsaturated/α-hetero) is 1. The van der Waals surface area contributed by atoms with Crippen molar-refractivity contribution in [2.24, 2.45) is 0 Å². The van der Waals surface area contributed by atoms with Gasteiger partial charge >= 0.3 is 0 Å². The highest BCUT2D eigenvalue weighted by Crippen LogP contribution is 2.48. The molecule has 1 aliphatic carbocycles. The third kappa shape index (κ3) is 4.62. The van der Waals surface area contributed by atoms with Gasteiger partial charge in [-0.25, -0.2) is 0 Å². The lowest BCUT2D eigenvalue weighted by atomic mass is 9.78. The minimum Gasteiger partial charge on any atom is -0.497 e. The van der Waals surface area contributed by atoms with Gasteiger partial charge in [-0.2, -0.15) is 0 Å². The smallest absolute Gasteiger partial charge is 0.259 e. The number of carbonyl (C=O) groups excluding carboxylic acids is 2. The van der Waals surface area contributed by atoms with E-state index in [0.717, 1.165) is 28.3 Å². The summed E-state index contributed by atoms with van der Waals surface area (Å²) in [5.41, 5.74) is 5.38. The molecule has 1 amide bonds. The van der Waals surface area contributed by atoms with Gasteiger partial charge < -0.3 is 14.8 Å². The summed E-state index contributed by atoms with van der Waals surface area (Å²) >= 11 is 0. The number of para-hydroxylation sites is 2. The minimum absolute atomic E-state index is 0.000785. The second kappa shape index (κ2) is 10.7. The molecule has 6 rings (SSSR count). The number of hydrogen-bond donors (Lipinski definition) is 1. The van der Waals surface area contributed by atoms with E-state index >= 15 is 0 Å². The summed E-state index contributed by atoms with van der Waals surface area (Å²) in [6.45, 7) is 0. The maximum Gasteiger partial charge on any atom is 0.259 e. The van der Waals surface area contributed by atoms with Crippen LogP contribution in [0.2, 0.25) is 0 Å². The van der Waals surface area contributed by atoms with Gasteiger partial charge in [-0.15, -0.1) is 0 Å². The first kappa shape index (κ1) is 25.4. The van der Waals surface area contributed by atoms with Gasteiger partial charge in [-0.3, -0.25) is 14.5 Å². The van der Waals surface area contributed by atoms with Crippen LogP contribution in [0.25, 0.3) is 0 Å². The highest BCUT2D eigenvalue weighted by atomic mass is 16.5. The number of hydrogen-bond acceptors (Lipinski definition) is 5. The van der Waals surface area contributed by atoms with Crippen molar-refractivity contribution in [2.45, 2.75) is 24.8 Å². The number of amides is 1. The molecule has 6 heteroatoms. The van der Waals surface area contributed by atoms with E-state index in [-0.39, 0.29) is 17.6 Å². The summed E-state index contributed by atoms with van der Waals surface area (Å²) in [5.74, 6) is 1.28. The number of carbonyl (C=O) groups is 2. The molecule has 1 heterocycles. The van der Waals surface area contributed by atoms with Crippen LogP contribution in [0.1, 0.15) is 46.3 Å². The summed E-state index contributed by atoms with van der Waals surface area (Å²) in [6, 6.07) is 31.9. The SMILES string of the molecule is COc1ccc([C@@H]2CC(=O)C3=C(C2)Nc2ccccc2N(C(=O)c2ccccc2)[C@H]3c2cccc(OC)c2)cc1. The van der Waals surface area contributed by atoms with Crippen molar-refractivity contribution < 1.29 is 19.1 Å². The number of nitrogens with one attached hydrogen (secondary N) is 1. The zero-order valence-corrected chi connectivity index (χ0v) is 22.5. The van der Waals surface area contributed by atoms with Gasteiger partial charge in [0.15, 0.2) is 5.78 Å². The standard InChI is InChI=1S/C34H30N2O4/c1-39-26-17-15-22(16-18-26)25-20-29-32(31(37)21-25)33(24-11-8-12-27(19-24)40-2)36(30-14-7-6-13-28(30)35-29)34(38)23-9-4-3-5-10-23/h3-19,25,33,35H,20-21H2,1-2H3/t25-,33-/m0/s1. The first-order valence-electron chi connectivity index (χ1n) is 13.4. The molecule has 0 radical (unpaired) electrons. The number of ether oxygens (including phenoxy) is 2. The summed E-state index contributed by atoms with van der Waals surface area (Å²) in [7, 11) is 3.26. The number of rotatable bonds is 5. The lowest BCUT2D eigenvalue weighted by molar-refractivity contribution is -0.116. The molecule has 0 unspecified atom stereocenters. The van der Waals surface area contributed by atoms with Crippen LogP contribution in [0.5, 0.6) is 11.5 Å². The molecular weight excluding hydrogens is 500 g/mol. The number of benzene rings is 4. The van der Waals surface area contributed by atoms with Crippen LogP contribution in [-0.2, 0) is 4.79 Å². The Labute approximate surface area is 233 Å². The Balaban J connectivity index is 1.54. The molecule has 2 atom stereocenters. The summed E-state index contributed by atoms with van der Waals surface area (Å²) < 4.78 is 10.9. The fourth-order valence-corrected chi connectivity index (χ4v) is 5.77.